The van der Waals surface area contributed by atoms with Gasteiger partial charge in [-0.2, -0.15) is 0 Å². The molecule has 2 aromatic carbocycles. The van der Waals surface area contributed by atoms with Crippen LogP contribution in [0.2, 0.25) is 5.02 Å². The van der Waals surface area contributed by atoms with Crippen LogP contribution < -0.4 is 0 Å². The summed E-state index contributed by atoms with van der Waals surface area (Å²) >= 11 is 5.96. The van der Waals surface area contributed by atoms with Gasteiger partial charge in [-0.05, 0) is 42.5 Å². The normalized spacial score (nSPS) is 10.6. The van der Waals surface area contributed by atoms with E-state index in [0.29, 0.717) is 16.3 Å². The Morgan fingerprint density at radius 3 is 2.55 bits per heavy atom. The number of rotatable bonds is 3. The Hall–Kier alpha value is -2.73. The van der Waals surface area contributed by atoms with Crippen molar-refractivity contribution in [2.75, 3.05) is 0 Å². The largest absolute Gasteiger partial charge is 0.476 e. The SMILES string of the molecule is O=C(O)c1nnn(-c2cccc(Cl)c2)c1-c1ccc(F)cc1. The van der Waals surface area contributed by atoms with Crippen LogP contribution in [0.3, 0.4) is 0 Å². The predicted octanol–water partition coefficient (Wildman–Crippen LogP) is 3.43. The number of halogens is 2. The number of aromatic carboxylic acids is 1. The molecule has 1 N–H and O–H groups in total. The van der Waals surface area contributed by atoms with Crippen molar-refractivity contribution in [2.24, 2.45) is 0 Å². The first-order chi connectivity index (χ1) is 10.6. The number of benzene rings is 2. The fraction of sp³-hybridized carbons (Fsp3) is 0. The zero-order chi connectivity index (χ0) is 15.7. The quantitative estimate of drug-likeness (QED) is 0.803. The van der Waals surface area contributed by atoms with Crippen LogP contribution in [0.1, 0.15) is 10.5 Å². The first-order valence-corrected chi connectivity index (χ1v) is 6.65. The van der Waals surface area contributed by atoms with Crippen molar-refractivity contribution >= 4 is 17.6 Å². The molecule has 1 aromatic heterocycles. The Morgan fingerprint density at radius 2 is 1.91 bits per heavy atom. The molecular weight excluding hydrogens is 309 g/mol. The summed E-state index contributed by atoms with van der Waals surface area (Å²) in [6, 6.07) is 12.2. The lowest BCUT2D eigenvalue weighted by molar-refractivity contribution is 0.0691. The second kappa shape index (κ2) is 5.57. The van der Waals surface area contributed by atoms with Crippen molar-refractivity contribution in [1.82, 2.24) is 15.0 Å². The molecule has 0 saturated carbocycles. The lowest BCUT2D eigenvalue weighted by Crippen LogP contribution is -2.03. The van der Waals surface area contributed by atoms with Gasteiger partial charge >= 0.3 is 5.97 Å². The molecule has 0 aliphatic rings. The zero-order valence-corrected chi connectivity index (χ0v) is 11.8. The van der Waals surface area contributed by atoms with Crippen LogP contribution in [-0.4, -0.2) is 26.1 Å². The van der Waals surface area contributed by atoms with Crippen LogP contribution in [0.4, 0.5) is 4.39 Å². The molecule has 110 valence electrons. The van der Waals surface area contributed by atoms with E-state index in [1.165, 1.54) is 28.9 Å². The maximum Gasteiger partial charge on any atom is 0.358 e. The molecule has 0 fully saturated rings. The van der Waals surface area contributed by atoms with E-state index in [0.717, 1.165) is 0 Å². The van der Waals surface area contributed by atoms with Crippen LogP contribution >= 0.6 is 11.6 Å². The zero-order valence-electron chi connectivity index (χ0n) is 11.1. The summed E-state index contributed by atoms with van der Waals surface area (Å²) in [6.45, 7) is 0. The number of nitrogens with zero attached hydrogens (tertiary/aromatic N) is 3. The summed E-state index contributed by atoms with van der Waals surface area (Å²) < 4.78 is 14.5. The first-order valence-electron chi connectivity index (χ1n) is 6.27. The van der Waals surface area contributed by atoms with Crippen molar-refractivity contribution in [3.8, 4) is 16.9 Å². The van der Waals surface area contributed by atoms with Gasteiger partial charge in [0.2, 0.25) is 0 Å². The van der Waals surface area contributed by atoms with Gasteiger partial charge in [-0.1, -0.05) is 22.9 Å². The molecule has 0 bridgehead atoms. The first kappa shape index (κ1) is 14.2. The van der Waals surface area contributed by atoms with Crippen LogP contribution in [0.15, 0.2) is 48.5 Å². The highest BCUT2D eigenvalue weighted by Crippen LogP contribution is 2.26. The number of aromatic nitrogens is 3. The van der Waals surface area contributed by atoms with Crippen molar-refractivity contribution in [1.29, 1.82) is 0 Å². The smallest absolute Gasteiger partial charge is 0.358 e. The number of hydrogen-bond acceptors (Lipinski definition) is 3. The highest BCUT2D eigenvalue weighted by atomic mass is 35.5. The van der Waals surface area contributed by atoms with E-state index in [4.69, 9.17) is 11.6 Å². The lowest BCUT2D eigenvalue weighted by Gasteiger charge is -2.07. The minimum Gasteiger partial charge on any atom is -0.476 e. The predicted molar refractivity (Wildman–Crippen MR) is 78.7 cm³/mol. The molecule has 5 nitrogen and oxygen atoms in total. The average molecular weight is 318 g/mol. The molecule has 0 radical (unpaired) electrons. The molecule has 3 rings (SSSR count). The third kappa shape index (κ3) is 2.56. The van der Waals surface area contributed by atoms with E-state index in [2.05, 4.69) is 10.3 Å². The lowest BCUT2D eigenvalue weighted by atomic mass is 10.1. The molecular formula is C15H9ClFN3O2. The van der Waals surface area contributed by atoms with E-state index in [1.54, 1.807) is 24.3 Å². The third-order valence-corrected chi connectivity index (χ3v) is 3.28. The number of carboxylic acids is 1. The highest BCUT2D eigenvalue weighted by molar-refractivity contribution is 6.30. The van der Waals surface area contributed by atoms with E-state index >= 15 is 0 Å². The molecule has 0 aliphatic heterocycles. The van der Waals surface area contributed by atoms with E-state index in [1.807, 2.05) is 0 Å². The number of carbonyl (C=O) groups is 1. The van der Waals surface area contributed by atoms with Gasteiger partial charge in [0.15, 0.2) is 5.69 Å². The standard InChI is InChI=1S/C15H9ClFN3O2/c16-10-2-1-3-12(8-10)20-14(13(15(21)22)18-19-20)9-4-6-11(17)7-5-9/h1-8H,(H,21,22). The van der Waals surface area contributed by atoms with Gasteiger partial charge in [0.05, 0.1) is 5.69 Å². The second-order valence-corrected chi connectivity index (χ2v) is 4.93. The van der Waals surface area contributed by atoms with Gasteiger partial charge in [0.1, 0.15) is 11.5 Å². The van der Waals surface area contributed by atoms with Gasteiger partial charge in [-0.15, -0.1) is 5.10 Å². The van der Waals surface area contributed by atoms with Gasteiger partial charge in [-0.25, -0.2) is 13.9 Å². The van der Waals surface area contributed by atoms with Crippen LogP contribution in [0, 0.1) is 5.82 Å². The van der Waals surface area contributed by atoms with Crippen LogP contribution in [0.25, 0.3) is 16.9 Å². The summed E-state index contributed by atoms with van der Waals surface area (Å²) in [5.41, 5.74) is 1.09. The Bertz CT molecular complexity index is 846. The molecule has 1 heterocycles. The molecule has 0 saturated heterocycles. The van der Waals surface area contributed by atoms with Crippen molar-refractivity contribution in [3.63, 3.8) is 0 Å². The Kier molecular flexibility index (Phi) is 3.60. The van der Waals surface area contributed by atoms with Crippen molar-refractivity contribution < 1.29 is 14.3 Å². The summed E-state index contributed by atoms with van der Waals surface area (Å²) in [4.78, 5) is 11.4. The van der Waals surface area contributed by atoms with Crippen LogP contribution in [-0.2, 0) is 0 Å². The maximum atomic E-state index is 13.1. The summed E-state index contributed by atoms with van der Waals surface area (Å²) in [5, 5.41) is 17.3. The Morgan fingerprint density at radius 1 is 1.18 bits per heavy atom. The van der Waals surface area contributed by atoms with Gasteiger partial charge in [-0.3, -0.25) is 0 Å². The van der Waals surface area contributed by atoms with Gasteiger partial charge in [0, 0.05) is 10.6 Å². The fourth-order valence-corrected chi connectivity index (χ4v) is 2.27. The summed E-state index contributed by atoms with van der Waals surface area (Å²) in [7, 11) is 0. The second-order valence-electron chi connectivity index (χ2n) is 4.49. The van der Waals surface area contributed by atoms with E-state index in [9.17, 15) is 14.3 Å². The summed E-state index contributed by atoms with van der Waals surface area (Å²) in [5.74, 6) is -1.63. The molecule has 0 aliphatic carbocycles. The monoisotopic (exact) mass is 317 g/mol. The number of hydrogen-bond donors (Lipinski definition) is 1. The minimum absolute atomic E-state index is 0.216. The summed E-state index contributed by atoms with van der Waals surface area (Å²) in [6.07, 6.45) is 0. The van der Waals surface area contributed by atoms with E-state index < -0.39 is 11.8 Å². The highest BCUT2D eigenvalue weighted by Gasteiger charge is 2.21. The Labute approximate surface area is 129 Å². The molecule has 3 aromatic rings. The van der Waals surface area contributed by atoms with E-state index in [-0.39, 0.29) is 11.4 Å². The van der Waals surface area contributed by atoms with Gasteiger partial charge in [0.25, 0.3) is 0 Å². The number of carboxylic acid groups (broad SMARTS) is 1. The van der Waals surface area contributed by atoms with Crippen molar-refractivity contribution in [3.05, 3.63) is 65.1 Å². The molecule has 0 spiro atoms. The molecule has 0 atom stereocenters. The third-order valence-electron chi connectivity index (χ3n) is 3.04. The molecule has 0 amide bonds. The van der Waals surface area contributed by atoms with Crippen molar-refractivity contribution in [2.45, 2.75) is 0 Å². The Balaban J connectivity index is 2.24. The topological polar surface area (TPSA) is 68.0 Å². The van der Waals surface area contributed by atoms with Crippen LogP contribution in [0.5, 0.6) is 0 Å². The average Bonchev–Trinajstić information content (AvgIpc) is 2.93. The minimum atomic E-state index is -1.22. The maximum absolute atomic E-state index is 13.1. The molecule has 22 heavy (non-hydrogen) atoms. The molecule has 7 heteroatoms. The fourth-order valence-electron chi connectivity index (χ4n) is 2.08. The molecule has 0 unspecified atom stereocenters. The van der Waals surface area contributed by atoms with Gasteiger partial charge < -0.3 is 5.11 Å².